The van der Waals surface area contributed by atoms with Crippen LogP contribution in [-0.4, -0.2) is 28.0 Å². The number of sulfonamides is 1. The lowest BCUT2D eigenvalue weighted by Crippen LogP contribution is -2.30. The van der Waals surface area contributed by atoms with Gasteiger partial charge in [0.25, 0.3) is 0 Å². The van der Waals surface area contributed by atoms with Crippen LogP contribution < -0.4 is 9.62 Å². The number of nitrogens with zero attached hydrogens (tertiary/aromatic N) is 1. The van der Waals surface area contributed by atoms with E-state index in [2.05, 4.69) is 0 Å². The maximum absolute atomic E-state index is 12.2. The third kappa shape index (κ3) is 3.06. The molecule has 1 N–H and O–H groups in total. The lowest BCUT2D eigenvalue weighted by atomic mass is 10.2. The number of hydrogen-bond acceptors (Lipinski definition) is 3. The molecule has 0 heterocycles. The molecule has 0 radical (unpaired) electrons. The minimum absolute atomic E-state index is 0.0847. The minimum atomic E-state index is -5.38. The van der Waals surface area contributed by atoms with Gasteiger partial charge in [-0.1, -0.05) is 6.07 Å². The quantitative estimate of drug-likeness (QED) is 0.925. The molecular weight excluding hydrogens is 269 g/mol. The summed E-state index contributed by atoms with van der Waals surface area (Å²) in [5.41, 5.74) is -4.40. The van der Waals surface area contributed by atoms with Crippen molar-refractivity contribution in [2.24, 2.45) is 0 Å². The summed E-state index contributed by atoms with van der Waals surface area (Å²) >= 11 is 0. The van der Waals surface area contributed by atoms with Gasteiger partial charge < -0.3 is 4.90 Å². The molecule has 8 heteroatoms. The molecule has 0 aliphatic carbocycles. The number of benzene rings is 1. The van der Waals surface area contributed by atoms with E-state index in [0.717, 1.165) is 0 Å². The Labute approximate surface area is 103 Å². The Morgan fingerprint density at radius 2 is 1.78 bits per heavy atom. The summed E-state index contributed by atoms with van der Waals surface area (Å²) in [5.74, 6) is 0. The predicted octanol–water partition coefficient (Wildman–Crippen LogP) is 2.32. The van der Waals surface area contributed by atoms with Crippen molar-refractivity contribution in [2.45, 2.75) is 12.4 Å². The zero-order valence-corrected chi connectivity index (χ0v) is 10.9. The molecule has 0 unspecified atom stereocenters. The van der Waals surface area contributed by atoms with Gasteiger partial charge in [0, 0.05) is 19.8 Å². The van der Waals surface area contributed by atoms with Gasteiger partial charge in [0.2, 0.25) is 0 Å². The Balaban J connectivity index is 3.16. The van der Waals surface area contributed by atoms with Gasteiger partial charge in [-0.05, 0) is 24.6 Å². The first-order valence-corrected chi connectivity index (χ1v) is 6.40. The fourth-order valence-corrected chi connectivity index (χ4v) is 1.83. The summed E-state index contributed by atoms with van der Waals surface area (Å²) in [6.07, 6.45) is 0. The topological polar surface area (TPSA) is 49.4 Å². The smallest absolute Gasteiger partial charge is 0.378 e. The van der Waals surface area contributed by atoms with Crippen LogP contribution in [0.15, 0.2) is 18.2 Å². The molecule has 0 amide bonds. The molecule has 0 aliphatic heterocycles. The van der Waals surface area contributed by atoms with Crippen molar-refractivity contribution in [3.8, 4) is 0 Å². The molecule has 0 spiro atoms. The number of nitrogens with one attached hydrogen (secondary N) is 1. The molecule has 1 rings (SSSR count). The van der Waals surface area contributed by atoms with Crippen molar-refractivity contribution in [1.82, 2.24) is 0 Å². The number of hydrogen-bond donors (Lipinski definition) is 1. The molecule has 0 atom stereocenters. The number of anilines is 2. The maximum atomic E-state index is 12.2. The Bertz CT molecular complexity index is 539. The molecular formula is C10H13F3N2O2S. The van der Waals surface area contributed by atoms with E-state index in [-0.39, 0.29) is 5.69 Å². The van der Waals surface area contributed by atoms with Crippen molar-refractivity contribution in [3.63, 3.8) is 0 Å². The molecule has 4 nitrogen and oxygen atoms in total. The minimum Gasteiger partial charge on any atom is -0.378 e. The van der Waals surface area contributed by atoms with Crippen LogP contribution in [0.2, 0.25) is 0 Å². The van der Waals surface area contributed by atoms with E-state index < -0.39 is 15.5 Å². The highest BCUT2D eigenvalue weighted by Crippen LogP contribution is 2.28. The number of aryl methyl sites for hydroxylation is 1. The Kier molecular flexibility index (Phi) is 3.80. The summed E-state index contributed by atoms with van der Waals surface area (Å²) in [6.45, 7) is 1.52. The van der Waals surface area contributed by atoms with Crippen LogP contribution in [0.4, 0.5) is 24.5 Å². The maximum Gasteiger partial charge on any atom is 0.516 e. The van der Waals surface area contributed by atoms with Crippen molar-refractivity contribution in [1.29, 1.82) is 0 Å². The van der Waals surface area contributed by atoms with Gasteiger partial charge in [0.05, 0.1) is 5.69 Å². The number of rotatable bonds is 3. The van der Waals surface area contributed by atoms with Crippen LogP contribution in [-0.2, 0) is 10.0 Å². The van der Waals surface area contributed by atoms with Crippen molar-refractivity contribution < 1.29 is 21.6 Å². The highest BCUT2D eigenvalue weighted by molar-refractivity contribution is 7.93. The van der Waals surface area contributed by atoms with Crippen LogP contribution in [0, 0.1) is 6.92 Å². The second-order valence-electron chi connectivity index (χ2n) is 3.94. The lowest BCUT2D eigenvalue weighted by molar-refractivity contribution is -0.0429. The molecule has 0 aromatic heterocycles. The van der Waals surface area contributed by atoms with E-state index in [4.69, 9.17) is 0 Å². The van der Waals surface area contributed by atoms with E-state index in [9.17, 15) is 21.6 Å². The van der Waals surface area contributed by atoms with Crippen LogP contribution in [0.5, 0.6) is 0 Å². The van der Waals surface area contributed by atoms with Gasteiger partial charge in [0.15, 0.2) is 0 Å². The summed E-state index contributed by atoms with van der Waals surface area (Å²) in [4.78, 5) is 1.66. The molecule has 0 fully saturated rings. The van der Waals surface area contributed by atoms with E-state index >= 15 is 0 Å². The zero-order chi connectivity index (χ0) is 14.1. The summed E-state index contributed by atoms with van der Waals surface area (Å²) < 4.78 is 60.3. The Morgan fingerprint density at radius 1 is 1.22 bits per heavy atom. The van der Waals surface area contributed by atoms with Crippen LogP contribution in [0.25, 0.3) is 0 Å². The van der Waals surface area contributed by atoms with Crippen molar-refractivity contribution >= 4 is 21.4 Å². The second kappa shape index (κ2) is 4.68. The Morgan fingerprint density at radius 3 is 2.22 bits per heavy atom. The van der Waals surface area contributed by atoms with Crippen LogP contribution >= 0.6 is 0 Å². The third-order valence-electron chi connectivity index (χ3n) is 2.29. The monoisotopic (exact) mass is 282 g/mol. The average Bonchev–Trinajstić information content (AvgIpc) is 2.18. The summed E-state index contributed by atoms with van der Waals surface area (Å²) in [6, 6.07) is 4.57. The number of halogens is 3. The zero-order valence-electron chi connectivity index (χ0n) is 10.0. The molecule has 18 heavy (non-hydrogen) atoms. The molecule has 0 saturated heterocycles. The largest absolute Gasteiger partial charge is 0.516 e. The van der Waals surface area contributed by atoms with Gasteiger partial charge in [-0.3, -0.25) is 4.72 Å². The van der Waals surface area contributed by atoms with E-state index in [1.807, 2.05) is 0 Å². The van der Waals surface area contributed by atoms with Gasteiger partial charge in [-0.25, -0.2) is 0 Å². The Hall–Kier alpha value is -1.44. The van der Waals surface area contributed by atoms with E-state index in [1.165, 1.54) is 13.0 Å². The summed E-state index contributed by atoms with van der Waals surface area (Å²) in [5, 5.41) is 0. The SMILES string of the molecule is Cc1ccc(N(C)C)cc1NS(=O)(=O)C(F)(F)F. The highest BCUT2D eigenvalue weighted by Gasteiger charge is 2.46. The van der Waals surface area contributed by atoms with Gasteiger partial charge in [0.1, 0.15) is 0 Å². The third-order valence-corrected chi connectivity index (χ3v) is 3.38. The first kappa shape index (κ1) is 14.6. The van der Waals surface area contributed by atoms with Crippen molar-refractivity contribution in [2.75, 3.05) is 23.7 Å². The first-order chi connectivity index (χ1) is 8.04. The van der Waals surface area contributed by atoms with E-state index in [1.54, 1.807) is 35.9 Å². The predicted molar refractivity (Wildman–Crippen MR) is 64.1 cm³/mol. The standard InChI is InChI=1S/C10H13F3N2O2S/c1-7-4-5-8(15(2)3)6-9(7)14-18(16,17)10(11,12)13/h4-6,14H,1-3H3. The van der Waals surface area contributed by atoms with Gasteiger partial charge >= 0.3 is 15.5 Å². The fourth-order valence-electron chi connectivity index (χ4n) is 1.20. The normalized spacial score (nSPS) is 12.3. The highest BCUT2D eigenvalue weighted by atomic mass is 32.2. The van der Waals surface area contributed by atoms with Gasteiger partial charge in [-0.2, -0.15) is 21.6 Å². The fraction of sp³-hybridized carbons (Fsp3) is 0.400. The van der Waals surface area contributed by atoms with Gasteiger partial charge in [-0.15, -0.1) is 0 Å². The first-order valence-electron chi connectivity index (χ1n) is 4.91. The molecule has 1 aromatic rings. The molecule has 1 aromatic carbocycles. The lowest BCUT2D eigenvalue weighted by Gasteiger charge is -2.17. The summed E-state index contributed by atoms with van der Waals surface area (Å²) in [7, 11) is -1.98. The molecule has 0 bridgehead atoms. The number of alkyl halides is 3. The van der Waals surface area contributed by atoms with Crippen LogP contribution in [0.1, 0.15) is 5.56 Å². The molecule has 102 valence electrons. The second-order valence-corrected chi connectivity index (χ2v) is 5.62. The molecule has 0 aliphatic rings. The van der Waals surface area contributed by atoms with Crippen LogP contribution in [0.3, 0.4) is 0 Å². The molecule has 0 saturated carbocycles. The average molecular weight is 282 g/mol. The van der Waals surface area contributed by atoms with Crippen molar-refractivity contribution in [3.05, 3.63) is 23.8 Å². The van der Waals surface area contributed by atoms with E-state index in [0.29, 0.717) is 11.3 Å².